The fourth-order valence-corrected chi connectivity index (χ4v) is 2.70. The van der Waals surface area contributed by atoms with Gasteiger partial charge in [-0.3, -0.25) is 19.8 Å². The maximum Gasteiger partial charge on any atom is 0.269 e. The minimum Gasteiger partial charge on any atom is -0.398 e. The van der Waals surface area contributed by atoms with Gasteiger partial charge in [0, 0.05) is 38.0 Å². The monoisotopic (exact) mass is 292 g/mol. The van der Waals surface area contributed by atoms with E-state index in [1.54, 1.807) is 13.1 Å². The fourth-order valence-electron chi connectivity index (χ4n) is 2.70. The lowest BCUT2D eigenvalue weighted by molar-refractivity contribution is -0.384. The van der Waals surface area contributed by atoms with Crippen LogP contribution in [-0.2, 0) is 11.3 Å². The molecule has 0 radical (unpaired) electrons. The van der Waals surface area contributed by atoms with E-state index in [2.05, 4.69) is 10.2 Å². The molecule has 1 fully saturated rings. The number of piperidine rings is 1. The van der Waals surface area contributed by atoms with E-state index in [4.69, 9.17) is 5.73 Å². The summed E-state index contributed by atoms with van der Waals surface area (Å²) in [4.78, 5) is 24.3. The predicted octanol–water partition coefficient (Wildman–Crippen LogP) is 1.13. The van der Waals surface area contributed by atoms with Gasteiger partial charge in [-0.05, 0) is 31.0 Å². The summed E-state index contributed by atoms with van der Waals surface area (Å²) < 4.78 is 0. The summed E-state index contributed by atoms with van der Waals surface area (Å²) in [5.74, 6) is 0.0235. The molecule has 1 heterocycles. The molecule has 3 N–H and O–H groups in total. The van der Waals surface area contributed by atoms with E-state index in [1.807, 2.05) is 0 Å². The average Bonchev–Trinajstić information content (AvgIpc) is 2.48. The number of rotatable bonds is 4. The summed E-state index contributed by atoms with van der Waals surface area (Å²) in [6.45, 7) is 2.05. The zero-order valence-corrected chi connectivity index (χ0v) is 12.0. The Labute approximate surface area is 123 Å². The van der Waals surface area contributed by atoms with Gasteiger partial charge in [-0.1, -0.05) is 0 Å². The van der Waals surface area contributed by atoms with Crippen molar-refractivity contribution in [1.82, 2.24) is 10.2 Å². The van der Waals surface area contributed by atoms with Crippen molar-refractivity contribution in [3.63, 3.8) is 0 Å². The van der Waals surface area contributed by atoms with Crippen molar-refractivity contribution in [2.75, 3.05) is 25.9 Å². The first-order valence-corrected chi connectivity index (χ1v) is 6.98. The molecule has 114 valence electrons. The van der Waals surface area contributed by atoms with E-state index in [-0.39, 0.29) is 17.5 Å². The highest BCUT2D eigenvalue weighted by molar-refractivity contribution is 5.78. The Morgan fingerprint density at radius 1 is 1.57 bits per heavy atom. The molecule has 1 unspecified atom stereocenters. The molecule has 1 aliphatic rings. The minimum atomic E-state index is -0.424. The minimum absolute atomic E-state index is 0.0244. The van der Waals surface area contributed by atoms with Crippen molar-refractivity contribution in [2.24, 2.45) is 5.92 Å². The lowest BCUT2D eigenvalue weighted by Gasteiger charge is -2.31. The van der Waals surface area contributed by atoms with Gasteiger partial charge in [-0.2, -0.15) is 0 Å². The van der Waals surface area contributed by atoms with Gasteiger partial charge in [0.25, 0.3) is 5.69 Å². The molecular formula is C14H20N4O3. The molecule has 0 aromatic heterocycles. The second kappa shape index (κ2) is 6.53. The van der Waals surface area contributed by atoms with Crippen LogP contribution in [0.5, 0.6) is 0 Å². The largest absolute Gasteiger partial charge is 0.398 e. The maximum atomic E-state index is 11.7. The third-order valence-electron chi connectivity index (χ3n) is 3.85. The standard InChI is InChI=1S/C14H20N4O3/c1-16-14(19)10-3-2-6-17(8-10)9-11-7-12(18(20)21)4-5-13(11)15/h4-5,7,10H,2-3,6,8-9,15H2,1H3,(H,16,19). The van der Waals surface area contributed by atoms with Gasteiger partial charge in [0.1, 0.15) is 0 Å². The number of hydrogen-bond acceptors (Lipinski definition) is 5. The van der Waals surface area contributed by atoms with E-state index in [0.717, 1.165) is 24.9 Å². The van der Waals surface area contributed by atoms with Gasteiger partial charge in [0.15, 0.2) is 0 Å². The zero-order chi connectivity index (χ0) is 15.4. The van der Waals surface area contributed by atoms with Crippen LogP contribution in [0, 0.1) is 16.0 Å². The van der Waals surface area contributed by atoms with Crippen LogP contribution in [0.3, 0.4) is 0 Å². The third-order valence-corrected chi connectivity index (χ3v) is 3.85. The van der Waals surface area contributed by atoms with Crippen molar-refractivity contribution in [3.05, 3.63) is 33.9 Å². The molecule has 7 nitrogen and oxygen atoms in total. The first-order valence-electron chi connectivity index (χ1n) is 6.98. The van der Waals surface area contributed by atoms with Crippen molar-refractivity contribution in [1.29, 1.82) is 0 Å². The first kappa shape index (κ1) is 15.2. The molecule has 21 heavy (non-hydrogen) atoms. The Morgan fingerprint density at radius 2 is 2.33 bits per heavy atom. The van der Waals surface area contributed by atoms with Crippen LogP contribution in [0.1, 0.15) is 18.4 Å². The highest BCUT2D eigenvalue weighted by Crippen LogP contribution is 2.24. The number of anilines is 1. The number of hydrogen-bond donors (Lipinski definition) is 2. The van der Waals surface area contributed by atoms with Crippen molar-refractivity contribution < 1.29 is 9.72 Å². The van der Waals surface area contributed by atoms with E-state index in [0.29, 0.717) is 18.8 Å². The quantitative estimate of drug-likeness (QED) is 0.492. The van der Waals surface area contributed by atoms with Crippen LogP contribution in [0.4, 0.5) is 11.4 Å². The number of nitrogens with zero attached hydrogens (tertiary/aromatic N) is 2. The Morgan fingerprint density at radius 3 is 3.00 bits per heavy atom. The summed E-state index contributed by atoms with van der Waals surface area (Å²) >= 11 is 0. The summed E-state index contributed by atoms with van der Waals surface area (Å²) in [7, 11) is 1.64. The summed E-state index contributed by atoms with van der Waals surface area (Å²) in [5.41, 5.74) is 7.22. The number of nitro benzene ring substituents is 1. The zero-order valence-electron chi connectivity index (χ0n) is 12.0. The fraction of sp³-hybridized carbons (Fsp3) is 0.500. The SMILES string of the molecule is CNC(=O)C1CCCN(Cc2cc([N+](=O)[O-])ccc2N)C1. The highest BCUT2D eigenvalue weighted by Gasteiger charge is 2.25. The number of nitrogen functional groups attached to an aromatic ring is 1. The topological polar surface area (TPSA) is 102 Å². The number of benzene rings is 1. The molecule has 0 aliphatic carbocycles. The van der Waals surface area contributed by atoms with Crippen molar-refractivity contribution >= 4 is 17.3 Å². The van der Waals surface area contributed by atoms with E-state index in [1.165, 1.54) is 12.1 Å². The molecule has 0 saturated carbocycles. The first-order chi connectivity index (χ1) is 10.0. The van der Waals surface area contributed by atoms with Gasteiger partial charge in [-0.25, -0.2) is 0 Å². The van der Waals surface area contributed by atoms with Crippen LogP contribution < -0.4 is 11.1 Å². The number of non-ortho nitro benzene ring substituents is 1. The van der Waals surface area contributed by atoms with Gasteiger partial charge in [0.05, 0.1) is 10.8 Å². The summed E-state index contributed by atoms with van der Waals surface area (Å²) in [6.07, 6.45) is 1.81. The molecule has 7 heteroatoms. The predicted molar refractivity (Wildman–Crippen MR) is 79.6 cm³/mol. The number of carbonyl (C=O) groups is 1. The molecule has 1 aromatic rings. The number of carbonyl (C=O) groups excluding carboxylic acids is 1. The van der Waals surface area contributed by atoms with Crippen LogP contribution in [-0.4, -0.2) is 35.9 Å². The highest BCUT2D eigenvalue weighted by atomic mass is 16.6. The smallest absolute Gasteiger partial charge is 0.269 e. The Hall–Kier alpha value is -2.15. The normalized spacial score (nSPS) is 19.2. The van der Waals surface area contributed by atoms with Crippen LogP contribution >= 0.6 is 0 Å². The van der Waals surface area contributed by atoms with Gasteiger partial charge in [-0.15, -0.1) is 0 Å². The molecule has 0 bridgehead atoms. The Balaban J connectivity index is 2.09. The average molecular weight is 292 g/mol. The molecular weight excluding hydrogens is 272 g/mol. The number of nitro groups is 1. The lowest BCUT2D eigenvalue weighted by atomic mass is 9.96. The van der Waals surface area contributed by atoms with E-state index >= 15 is 0 Å². The maximum absolute atomic E-state index is 11.7. The van der Waals surface area contributed by atoms with Gasteiger partial charge >= 0.3 is 0 Å². The van der Waals surface area contributed by atoms with E-state index < -0.39 is 4.92 Å². The number of nitrogens with one attached hydrogen (secondary N) is 1. The second-order valence-corrected chi connectivity index (χ2v) is 5.33. The van der Waals surface area contributed by atoms with Crippen LogP contribution in [0.15, 0.2) is 18.2 Å². The van der Waals surface area contributed by atoms with E-state index in [9.17, 15) is 14.9 Å². The van der Waals surface area contributed by atoms with Crippen molar-refractivity contribution in [2.45, 2.75) is 19.4 Å². The molecule has 2 rings (SSSR count). The lowest BCUT2D eigenvalue weighted by Crippen LogP contribution is -2.41. The molecule has 0 spiro atoms. The second-order valence-electron chi connectivity index (χ2n) is 5.33. The number of likely N-dealkylation sites (tertiary alicyclic amines) is 1. The molecule has 1 saturated heterocycles. The summed E-state index contributed by atoms with van der Waals surface area (Å²) in [6, 6.07) is 4.48. The summed E-state index contributed by atoms with van der Waals surface area (Å²) in [5, 5.41) is 13.5. The number of nitrogens with two attached hydrogens (primary N) is 1. The Bertz CT molecular complexity index is 547. The van der Waals surface area contributed by atoms with Crippen LogP contribution in [0.2, 0.25) is 0 Å². The van der Waals surface area contributed by atoms with Crippen molar-refractivity contribution in [3.8, 4) is 0 Å². The molecule has 1 aromatic carbocycles. The third kappa shape index (κ3) is 3.69. The Kier molecular flexibility index (Phi) is 4.74. The molecule has 1 aliphatic heterocycles. The molecule has 1 atom stereocenters. The molecule has 1 amide bonds. The number of amides is 1. The van der Waals surface area contributed by atoms with Crippen LogP contribution in [0.25, 0.3) is 0 Å². The van der Waals surface area contributed by atoms with Gasteiger partial charge < -0.3 is 11.1 Å². The van der Waals surface area contributed by atoms with Gasteiger partial charge in [0.2, 0.25) is 5.91 Å².